The number of ether oxygens (including phenoxy) is 1. The molecule has 2 heterocycles. The number of benzene rings is 1. The number of para-hydroxylation sites is 1. The van der Waals surface area contributed by atoms with Crippen molar-refractivity contribution < 1.29 is 4.74 Å². The molecule has 19 heavy (non-hydrogen) atoms. The molecule has 0 saturated carbocycles. The van der Waals surface area contributed by atoms with Crippen molar-refractivity contribution in [2.24, 2.45) is 5.73 Å². The molecule has 2 atom stereocenters. The van der Waals surface area contributed by atoms with E-state index in [1.165, 1.54) is 0 Å². The molecule has 2 aromatic rings. The second-order valence-corrected chi connectivity index (χ2v) is 4.23. The second kappa shape index (κ2) is 6.91. The van der Waals surface area contributed by atoms with Gasteiger partial charge in [0, 0.05) is 30.7 Å². The average Bonchev–Trinajstić information content (AvgIpc) is 2.98. The molecule has 1 fully saturated rings. The van der Waals surface area contributed by atoms with E-state index >= 15 is 0 Å². The zero-order valence-corrected chi connectivity index (χ0v) is 11.9. The molecule has 104 valence electrons. The highest BCUT2D eigenvalue weighted by Gasteiger charge is 2.30. The van der Waals surface area contributed by atoms with E-state index < -0.39 is 0 Å². The first kappa shape index (κ1) is 16.0. The van der Waals surface area contributed by atoms with Crippen LogP contribution in [0.25, 0.3) is 5.69 Å². The van der Waals surface area contributed by atoms with Crippen molar-refractivity contribution in [3.05, 3.63) is 48.5 Å². The van der Waals surface area contributed by atoms with Crippen LogP contribution in [0.5, 0.6) is 0 Å². The van der Waals surface area contributed by atoms with Gasteiger partial charge >= 0.3 is 0 Å². The molecule has 6 heteroatoms. The first-order chi connectivity index (χ1) is 8.36. The monoisotopic (exact) mass is 301 g/mol. The first-order valence-corrected chi connectivity index (χ1v) is 5.82. The lowest BCUT2D eigenvalue weighted by molar-refractivity contribution is 0.0968. The summed E-state index contributed by atoms with van der Waals surface area (Å²) >= 11 is 0. The molecular weight excluding hydrogens is 285 g/mol. The van der Waals surface area contributed by atoms with Crippen molar-refractivity contribution in [2.45, 2.75) is 18.6 Å². The average molecular weight is 302 g/mol. The lowest BCUT2D eigenvalue weighted by atomic mass is 10.1. The normalized spacial score (nSPS) is 21.5. The molecule has 1 aromatic heterocycles. The molecule has 0 unspecified atom stereocenters. The van der Waals surface area contributed by atoms with Crippen LogP contribution in [-0.2, 0) is 4.74 Å². The molecule has 1 aliphatic rings. The van der Waals surface area contributed by atoms with Gasteiger partial charge in [0.1, 0.15) is 11.9 Å². The molecule has 1 aliphatic heterocycles. The van der Waals surface area contributed by atoms with Gasteiger partial charge in [-0.15, -0.1) is 24.8 Å². The second-order valence-electron chi connectivity index (χ2n) is 4.23. The van der Waals surface area contributed by atoms with Crippen molar-refractivity contribution in [2.75, 3.05) is 6.61 Å². The van der Waals surface area contributed by atoms with E-state index in [2.05, 4.69) is 4.98 Å². The third-order valence-electron chi connectivity index (χ3n) is 3.10. The van der Waals surface area contributed by atoms with Crippen LogP contribution in [0, 0.1) is 0 Å². The number of hydrogen-bond acceptors (Lipinski definition) is 3. The summed E-state index contributed by atoms with van der Waals surface area (Å²) in [4.78, 5) is 4.38. The van der Waals surface area contributed by atoms with Crippen molar-refractivity contribution in [1.82, 2.24) is 9.55 Å². The fourth-order valence-electron chi connectivity index (χ4n) is 2.20. The zero-order chi connectivity index (χ0) is 11.7. The van der Waals surface area contributed by atoms with Crippen LogP contribution in [0.15, 0.2) is 42.7 Å². The Hall–Kier alpha value is -1.07. The molecule has 0 amide bonds. The van der Waals surface area contributed by atoms with E-state index in [1.807, 2.05) is 41.1 Å². The highest BCUT2D eigenvalue weighted by atomic mass is 35.5. The Labute approximate surface area is 124 Å². The number of aromatic nitrogens is 2. The summed E-state index contributed by atoms with van der Waals surface area (Å²) < 4.78 is 7.70. The largest absolute Gasteiger partial charge is 0.369 e. The van der Waals surface area contributed by atoms with Crippen LogP contribution in [-0.4, -0.2) is 22.2 Å². The molecule has 0 bridgehead atoms. The van der Waals surface area contributed by atoms with Gasteiger partial charge in [0.15, 0.2) is 0 Å². The van der Waals surface area contributed by atoms with E-state index in [0.29, 0.717) is 6.61 Å². The maximum Gasteiger partial charge on any atom is 0.144 e. The van der Waals surface area contributed by atoms with E-state index in [4.69, 9.17) is 10.5 Å². The Morgan fingerprint density at radius 3 is 2.58 bits per heavy atom. The van der Waals surface area contributed by atoms with Gasteiger partial charge in [-0.1, -0.05) is 18.2 Å². The number of nitrogens with zero attached hydrogens (tertiary/aromatic N) is 2. The summed E-state index contributed by atoms with van der Waals surface area (Å²) in [5, 5.41) is 0. The fourth-order valence-corrected chi connectivity index (χ4v) is 2.20. The van der Waals surface area contributed by atoms with Crippen LogP contribution < -0.4 is 5.73 Å². The van der Waals surface area contributed by atoms with Gasteiger partial charge in [-0.25, -0.2) is 4.98 Å². The maximum absolute atomic E-state index is 6.04. The molecule has 1 aromatic carbocycles. The van der Waals surface area contributed by atoms with Crippen LogP contribution in [0.2, 0.25) is 0 Å². The Kier molecular flexibility index (Phi) is 5.82. The van der Waals surface area contributed by atoms with Gasteiger partial charge in [0.25, 0.3) is 0 Å². The highest BCUT2D eigenvalue weighted by molar-refractivity contribution is 5.85. The summed E-state index contributed by atoms with van der Waals surface area (Å²) in [5.41, 5.74) is 7.12. The summed E-state index contributed by atoms with van der Waals surface area (Å²) in [7, 11) is 0. The van der Waals surface area contributed by atoms with Gasteiger partial charge in [0.2, 0.25) is 0 Å². The molecular formula is C13H17Cl2N3O. The van der Waals surface area contributed by atoms with Crippen molar-refractivity contribution in [3.63, 3.8) is 0 Å². The standard InChI is InChI=1S/C13H15N3O.2ClH/c14-11-6-9-17-12(11)13-15-7-8-16(13)10-4-2-1-3-5-10;;/h1-5,7-8,11-12H,6,9,14H2;2*1H/t11-,12-;;/m1../s1. The van der Waals surface area contributed by atoms with E-state index in [0.717, 1.165) is 17.9 Å². The molecule has 0 radical (unpaired) electrons. The summed E-state index contributed by atoms with van der Waals surface area (Å²) in [6.07, 6.45) is 4.53. The van der Waals surface area contributed by atoms with E-state index in [9.17, 15) is 0 Å². The Balaban J connectivity index is 0.000000902. The van der Waals surface area contributed by atoms with Gasteiger partial charge in [-0.05, 0) is 18.6 Å². The minimum Gasteiger partial charge on any atom is -0.369 e. The van der Waals surface area contributed by atoms with Crippen molar-refractivity contribution >= 4 is 24.8 Å². The van der Waals surface area contributed by atoms with Crippen LogP contribution >= 0.6 is 24.8 Å². The lowest BCUT2D eigenvalue weighted by Crippen LogP contribution is -2.25. The minimum absolute atomic E-state index is 0. The van der Waals surface area contributed by atoms with Crippen LogP contribution in [0.3, 0.4) is 0 Å². The zero-order valence-electron chi connectivity index (χ0n) is 10.3. The smallest absolute Gasteiger partial charge is 0.144 e. The predicted molar refractivity (Wildman–Crippen MR) is 79.3 cm³/mol. The van der Waals surface area contributed by atoms with Crippen molar-refractivity contribution in [3.8, 4) is 5.69 Å². The van der Waals surface area contributed by atoms with Gasteiger partial charge in [-0.2, -0.15) is 0 Å². The van der Waals surface area contributed by atoms with Gasteiger partial charge < -0.3 is 15.0 Å². The molecule has 3 rings (SSSR count). The van der Waals surface area contributed by atoms with E-state index in [1.54, 1.807) is 6.20 Å². The van der Waals surface area contributed by atoms with E-state index in [-0.39, 0.29) is 37.0 Å². The number of imidazole rings is 1. The maximum atomic E-state index is 6.04. The minimum atomic E-state index is -0.0924. The highest BCUT2D eigenvalue weighted by Crippen LogP contribution is 2.28. The van der Waals surface area contributed by atoms with Gasteiger partial charge in [-0.3, -0.25) is 0 Å². The first-order valence-electron chi connectivity index (χ1n) is 5.82. The fraction of sp³-hybridized carbons (Fsp3) is 0.308. The Morgan fingerprint density at radius 1 is 1.21 bits per heavy atom. The molecule has 0 aliphatic carbocycles. The third kappa shape index (κ3) is 3.09. The molecule has 0 spiro atoms. The summed E-state index contributed by atoms with van der Waals surface area (Å²) in [5.74, 6) is 0.890. The Morgan fingerprint density at radius 2 is 1.95 bits per heavy atom. The number of rotatable bonds is 2. The van der Waals surface area contributed by atoms with Crippen molar-refractivity contribution in [1.29, 1.82) is 0 Å². The van der Waals surface area contributed by atoms with Crippen LogP contribution in [0.4, 0.5) is 0 Å². The Bertz CT molecular complexity index is 504. The predicted octanol–water partition coefficient (Wildman–Crippen LogP) is 2.50. The summed E-state index contributed by atoms with van der Waals surface area (Å²) in [6.45, 7) is 0.716. The SMILES string of the molecule is Cl.Cl.N[C@@H]1CCO[C@H]1c1nccn1-c1ccccc1. The number of hydrogen-bond donors (Lipinski definition) is 1. The molecule has 4 nitrogen and oxygen atoms in total. The van der Waals surface area contributed by atoms with Crippen LogP contribution in [0.1, 0.15) is 18.3 Å². The quantitative estimate of drug-likeness (QED) is 0.927. The molecule has 1 saturated heterocycles. The summed E-state index contributed by atoms with van der Waals surface area (Å²) in [6, 6.07) is 10.2. The van der Waals surface area contributed by atoms with Gasteiger partial charge in [0.05, 0.1) is 0 Å². The topological polar surface area (TPSA) is 53.1 Å². The third-order valence-corrected chi connectivity index (χ3v) is 3.10. The number of halogens is 2. The molecule has 2 N–H and O–H groups in total. The lowest BCUT2D eigenvalue weighted by Gasteiger charge is -2.16. The number of nitrogens with two attached hydrogens (primary N) is 1.